The molecule has 1 saturated carbocycles. The van der Waals surface area contributed by atoms with Gasteiger partial charge in [0.25, 0.3) is 0 Å². The Hall–Kier alpha value is -11.9. The van der Waals surface area contributed by atoms with Gasteiger partial charge >= 0.3 is 0 Å². The van der Waals surface area contributed by atoms with Crippen molar-refractivity contribution in [1.82, 2.24) is 28.7 Å². The van der Waals surface area contributed by atoms with Gasteiger partial charge in [0.15, 0.2) is 51.8 Å². The molecule has 0 amide bonds. The lowest BCUT2D eigenvalue weighted by Gasteiger charge is -2.46. The zero-order chi connectivity index (χ0) is 101. The predicted molar refractivity (Wildman–Crippen MR) is 532 cm³/mol. The van der Waals surface area contributed by atoms with Gasteiger partial charge in [-0.3, -0.25) is 0 Å². The highest BCUT2D eigenvalue weighted by Crippen LogP contribution is 2.59. The summed E-state index contributed by atoms with van der Waals surface area (Å²) in [5.74, 6) is 0. The van der Waals surface area contributed by atoms with E-state index in [-0.39, 0.29) is 33.1 Å². The maximum atomic E-state index is 9.34. The normalized spacial score (nSPS) is 20.3. The Morgan fingerprint density at radius 2 is 0.860 bits per heavy atom. The van der Waals surface area contributed by atoms with Crippen LogP contribution in [0.25, 0.3) is 89.3 Å². The maximum Gasteiger partial charge on any atom is 0.238 e. The summed E-state index contributed by atoms with van der Waals surface area (Å²) in [7, 11) is 8.40. The van der Waals surface area contributed by atoms with Crippen LogP contribution in [0.3, 0.4) is 0 Å². The summed E-state index contributed by atoms with van der Waals surface area (Å²) in [4.78, 5) is 13.0. The molecule has 21 rings (SSSR count). The Kier molecular flexibility index (Phi) is 20.5. The Bertz CT molecular complexity index is 7310. The molecular formula is C115H140N12O2+4. The molecule has 12 heterocycles. The summed E-state index contributed by atoms with van der Waals surface area (Å²) < 4.78 is 116. The first-order valence-corrected chi connectivity index (χ1v) is 46.1. The summed E-state index contributed by atoms with van der Waals surface area (Å²) in [5, 5.41) is 3.62. The van der Waals surface area contributed by atoms with Crippen molar-refractivity contribution in [1.29, 1.82) is 0 Å². The summed E-state index contributed by atoms with van der Waals surface area (Å²) in [5.41, 5.74) is 23.7. The van der Waals surface area contributed by atoms with E-state index in [9.17, 15) is 2.74 Å². The molecule has 2 saturated heterocycles. The number of hydrogen-bond donors (Lipinski definition) is 0. The van der Waals surface area contributed by atoms with Crippen LogP contribution in [0, 0.1) is 66.2 Å². The van der Waals surface area contributed by atoms with E-state index in [4.69, 9.17) is 19.8 Å². The van der Waals surface area contributed by atoms with E-state index in [1.165, 1.54) is 103 Å². The lowest BCUT2D eigenvalue weighted by molar-refractivity contribution is -0.745. The number of pyridine rings is 2. The van der Waals surface area contributed by atoms with Crippen LogP contribution >= 0.6 is 0 Å². The molecule has 1 spiro atoms. The van der Waals surface area contributed by atoms with Crippen molar-refractivity contribution in [3.63, 3.8) is 0 Å². The number of aryl methyl sites for hydroxylation is 11. The molecule has 1 aliphatic carbocycles. The van der Waals surface area contributed by atoms with Gasteiger partial charge in [-0.25, -0.2) is 9.97 Å². The van der Waals surface area contributed by atoms with Gasteiger partial charge in [-0.1, -0.05) is 234 Å². The third kappa shape index (κ3) is 15.7. The Morgan fingerprint density at radius 3 is 1.37 bits per heavy atom. The second-order valence-corrected chi connectivity index (χ2v) is 40.1. The first-order chi connectivity index (χ1) is 65.1. The molecule has 5 aliphatic rings. The standard InChI is InChI=1S/C25H32N2O.C23H27N2.C22H28N2O.C17H23N2.C17H17N2.C11H13N2/c1-16-9-11-19-20-12-10-17(2)26-23(20)28-22(19)21(16)27-18(3)25(15-24(27,4)5)13-7-6-8-14-25;1-16-11-10-14-19-20(16)25-21(23(4,5)22(19,2)3)18(15-24(25)6)17-12-8-7-9-13-17;1-13-8-10-16-17-11-9-14(2)23-20(17)25-19(16)18(13)24-15(3)21(4,5)12-22(24,6)7;1-12-8-7-9-13-15(12)19-14(10-11-18(19)6)17(4,5)16(13,2)3;1-14-8-6-7-11-16(14)19-13-12-17(18(19)2)15-9-4-3-5-10-15;1-10-6-3-4-7-11(10)13-9-5-8-12(13)2/h9-12,18H,6-8,13-15H2,1-5H3;7-15H,1-6H3;8-11,15H,12H2,1-7H3;7-11H,1-6H3;3-13H,1-2H3;3-9H,1-2H3/q;+1;;3*+1/i15D2;;4D3,5D3,12D2;;;. The van der Waals surface area contributed by atoms with Crippen LogP contribution in [0.15, 0.2) is 252 Å². The lowest BCUT2D eigenvalue weighted by Crippen LogP contribution is -2.51. The number of benzene rings is 8. The number of hydrogen-bond acceptors (Lipinski definition) is 6. The van der Waals surface area contributed by atoms with Crippen molar-refractivity contribution in [3.05, 3.63) is 311 Å². The van der Waals surface area contributed by atoms with Gasteiger partial charge in [0.1, 0.15) is 28.4 Å². The molecule has 0 radical (unpaired) electrons. The van der Waals surface area contributed by atoms with Gasteiger partial charge in [-0.15, -0.1) is 37.5 Å². The van der Waals surface area contributed by atoms with Crippen LogP contribution in [0.4, 0.5) is 11.4 Å². The van der Waals surface area contributed by atoms with Gasteiger partial charge < -0.3 is 18.6 Å². The molecule has 8 aromatic carbocycles. The molecule has 8 aromatic heterocycles. The van der Waals surface area contributed by atoms with Gasteiger partial charge in [-0.2, -0.15) is 0 Å². The summed E-state index contributed by atoms with van der Waals surface area (Å²) in [6, 6.07) is 72.6. The molecule has 14 heteroatoms. The van der Waals surface area contributed by atoms with E-state index < -0.39 is 49.0 Å². The van der Waals surface area contributed by atoms with Crippen molar-refractivity contribution in [2.75, 3.05) is 9.80 Å². The number of furan rings is 2. The van der Waals surface area contributed by atoms with Crippen molar-refractivity contribution < 1.29 is 41.3 Å². The second-order valence-electron chi connectivity index (χ2n) is 40.1. The molecule has 0 bridgehead atoms. The zero-order valence-electron chi connectivity index (χ0n) is 91.0. The third-order valence-electron chi connectivity index (χ3n) is 29.8. The maximum absolute atomic E-state index is 9.34. The van der Waals surface area contributed by atoms with Crippen molar-refractivity contribution in [3.8, 4) is 45.1 Å². The predicted octanol–water partition coefficient (Wildman–Crippen LogP) is 25.8. The fourth-order valence-electron chi connectivity index (χ4n) is 21.5. The lowest BCUT2D eigenvalue weighted by atomic mass is 9.59. The van der Waals surface area contributed by atoms with Crippen LogP contribution in [-0.2, 0) is 49.9 Å². The minimum absolute atomic E-state index is 0.000226. The van der Waals surface area contributed by atoms with Crippen LogP contribution < -0.4 is 28.5 Å². The highest BCUT2D eigenvalue weighted by Gasteiger charge is 2.56. The first kappa shape index (κ1) is 78.2. The molecule has 3 fully saturated rings. The average molecular weight is 1730 g/mol. The molecule has 2 atom stereocenters. The fourth-order valence-corrected chi connectivity index (χ4v) is 21.5. The fraction of sp³-hybridized carbons (Fsp3) is 0.391. The molecule has 668 valence electrons. The Balaban J connectivity index is 0.000000123. The third-order valence-corrected chi connectivity index (χ3v) is 29.8. The summed E-state index contributed by atoms with van der Waals surface area (Å²) >= 11 is 0. The van der Waals surface area contributed by atoms with Gasteiger partial charge in [0.2, 0.25) is 23.3 Å². The molecule has 2 unspecified atom stereocenters. The highest BCUT2D eigenvalue weighted by atomic mass is 16.3. The van der Waals surface area contributed by atoms with Crippen molar-refractivity contribution in [2.45, 2.75) is 256 Å². The molecule has 14 nitrogen and oxygen atoms in total. The monoisotopic (exact) mass is 1730 g/mol. The molecule has 0 N–H and O–H groups in total. The number of fused-ring (bicyclic) bond motifs is 12. The number of aromatic nitrogens is 10. The van der Waals surface area contributed by atoms with Crippen LogP contribution in [0.2, 0.25) is 0 Å². The Labute approximate surface area is 781 Å². The molecule has 129 heavy (non-hydrogen) atoms. The molecule has 4 aliphatic heterocycles. The minimum Gasteiger partial charge on any atom is -0.436 e. The molecule has 16 aromatic rings. The highest BCUT2D eigenvalue weighted by molar-refractivity contribution is 6.10. The van der Waals surface area contributed by atoms with Gasteiger partial charge in [0, 0.05) is 115 Å². The van der Waals surface area contributed by atoms with Crippen LogP contribution in [0.1, 0.15) is 236 Å². The number of nitrogens with zero attached hydrogens (tertiary/aromatic N) is 12. The van der Waals surface area contributed by atoms with Crippen LogP contribution in [-0.4, -0.2) is 51.9 Å². The number of para-hydroxylation sites is 4. The van der Waals surface area contributed by atoms with Gasteiger partial charge in [0.05, 0.1) is 35.0 Å². The van der Waals surface area contributed by atoms with E-state index in [0.717, 1.165) is 81.0 Å². The van der Waals surface area contributed by atoms with E-state index in [0.29, 0.717) is 22.7 Å². The topological polar surface area (TPSA) is 93.8 Å². The smallest absolute Gasteiger partial charge is 0.238 e. The van der Waals surface area contributed by atoms with E-state index >= 15 is 0 Å². The molecular weight excluding hydrogens is 1580 g/mol. The van der Waals surface area contributed by atoms with Crippen molar-refractivity contribution in [2.24, 2.45) is 39.0 Å². The Morgan fingerprint density at radius 1 is 0.395 bits per heavy atom. The summed E-state index contributed by atoms with van der Waals surface area (Å²) in [6.07, 6.45) is 12.1. The average Bonchev–Trinajstić information content (AvgIpc) is 1.49. The van der Waals surface area contributed by atoms with E-state index in [1.807, 2.05) is 76.5 Å². The zero-order valence-corrected chi connectivity index (χ0v) is 81.0. The van der Waals surface area contributed by atoms with E-state index in [2.05, 4.69) is 379 Å². The SMILES string of the molecule is Cc1cccc2c1-n1c(c(-c3ccccc3)c[n+]1C)C(C)(C)C2(C)C.Cc1cccc2c1-n1c(cc[n+]1C)C(C)(C)C2(C)C.Cc1ccccc1-n1ccc(-c2ccccc2)[n+]1C.Cc1ccccc1-n1ccc[n+]1C.[2H]C([2H])([2H])C1(C([2H])([2H])[2H])C(C)N(c2c(C)ccc3c2oc2nc(C)ccc23)C(C)(C)C1([2H])[2H].[2H]C1([2H])C2(CCCCC2)C(C)N(c2c(C)ccc3c2oc2nc(C)ccc23)C1(C)C. The second kappa shape index (κ2) is 33.9. The van der Waals surface area contributed by atoms with Gasteiger partial charge in [-0.05, 0) is 232 Å². The first-order valence-electron chi connectivity index (χ1n) is 51.1. The largest absolute Gasteiger partial charge is 0.436 e. The van der Waals surface area contributed by atoms with Crippen LogP contribution in [0.5, 0.6) is 0 Å². The number of anilines is 2. The van der Waals surface area contributed by atoms with E-state index in [1.54, 1.807) is 18.7 Å². The van der Waals surface area contributed by atoms with Crippen molar-refractivity contribution >= 4 is 55.5 Å². The quantitative estimate of drug-likeness (QED) is 0.154. The summed E-state index contributed by atoms with van der Waals surface area (Å²) in [6.45, 7) is 40.2. The number of rotatable bonds is 6. The minimum atomic E-state index is -3.10.